The van der Waals surface area contributed by atoms with Gasteiger partial charge in [0.2, 0.25) is 5.91 Å². The van der Waals surface area contributed by atoms with Gasteiger partial charge < -0.3 is 16.2 Å². The van der Waals surface area contributed by atoms with Gasteiger partial charge in [-0.3, -0.25) is 4.79 Å². The molecule has 0 radical (unpaired) electrons. The van der Waals surface area contributed by atoms with Crippen LogP contribution in [0.4, 0.5) is 0 Å². The molecule has 0 aliphatic heterocycles. The first-order valence-corrected chi connectivity index (χ1v) is 7.40. The van der Waals surface area contributed by atoms with E-state index < -0.39 is 6.04 Å². The number of carbonyl (C=O) groups is 1. The lowest BCUT2D eigenvalue weighted by Gasteiger charge is -2.30. The molecule has 110 valence electrons. The van der Waals surface area contributed by atoms with Crippen molar-refractivity contribution in [3.05, 3.63) is 29.8 Å². The Bertz CT molecular complexity index is 444. The summed E-state index contributed by atoms with van der Waals surface area (Å²) in [5.74, 6) is 0.688. The Balaban J connectivity index is 1.86. The predicted molar refractivity (Wildman–Crippen MR) is 79.3 cm³/mol. The second-order valence-electron chi connectivity index (χ2n) is 5.85. The molecular formula is C16H24N2O2. The van der Waals surface area contributed by atoms with Crippen LogP contribution in [0.15, 0.2) is 24.3 Å². The predicted octanol–water partition coefficient (Wildman–Crippen LogP) is 1.96. The summed E-state index contributed by atoms with van der Waals surface area (Å²) < 4.78 is 0. The number of amides is 1. The Kier molecular flexibility index (Phi) is 5.01. The SMILES string of the molecule is CC1CCCCC1NC(=O)[C@H](N)Cc1ccc(O)cc1. The van der Waals surface area contributed by atoms with Crippen LogP contribution in [-0.4, -0.2) is 23.1 Å². The van der Waals surface area contributed by atoms with E-state index in [1.54, 1.807) is 24.3 Å². The van der Waals surface area contributed by atoms with E-state index in [1.165, 1.54) is 19.3 Å². The van der Waals surface area contributed by atoms with Gasteiger partial charge in [-0.1, -0.05) is 31.9 Å². The molecule has 1 aromatic carbocycles. The molecule has 4 heteroatoms. The molecule has 0 spiro atoms. The summed E-state index contributed by atoms with van der Waals surface area (Å²) in [5, 5.41) is 12.3. The number of hydrogen-bond acceptors (Lipinski definition) is 3. The van der Waals surface area contributed by atoms with Crippen molar-refractivity contribution >= 4 is 5.91 Å². The van der Waals surface area contributed by atoms with Crippen LogP contribution >= 0.6 is 0 Å². The van der Waals surface area contributed by atoms with Crippen LogP contribution in [0.5, 0.6) is 5.75 Å². The molecule has 3 atom stereocenters. The number of rotatable bonds is 4. The topological polar surface area (TPSA) is 75.4 Å². The van der Waals surface area contributed by atoms with Gasteiger partial charge in [0.25, 0.3) is 0 Å². The Hall–Kier alpha value is -1.55. The second kappa shape index (κ2) is 6.75. The summed E-state index contributed by atoms with van der Waals surface area (Å²) in [5.41, 5.74) is 6.94. The van der Waals surface area contributed by atoms with Crippen molar-refractivity contribution in [1.82, 2.24) is 5.32 Å². The van der Waals surface area contributed by atoms with Gasteiger partial charge in [0.15, 0.2) is 0 Å². The number of benzene rings is 1. The van der Waals surface area contributed by atoms with Gasteiger partial charge >= 0.3 is 0 Å². The lowest BCUT2D eigenvalue weighted by Crippen LogP contribution is -2.49. The molecule has 4 nitrogen and oxygen atoms in total. The minimum atomic E-state index is -0.534. The van der Waals surface area contributed by atoms with E-state index in [0.717, 1.165) is 12.0 Å². The minimum Gasteiger partial charge on any atom is -0.508 e. The van der Waals surface area contributed by atoms with Gasteiger partial charge in [-0.05, 0) is 42.9 Å². The summed E-state index contributed by atoms with van der Waals surface area (Å²) in [6.45, 7) is 2.19. The van der Waals surface area contributed by atoms with Crippen LogP contribution in [0.1, 0.15) is 38.2 Å². The first-order valence-electron chi connectivity index (χ1n) is 7.40. The summed E-state index contributed by atoms with van der Waals surface area (Å²) in [4.78, 5) is 12.1. The Morgan fingerprint density at radius 3 is 2.65 bits per heavy atom. The van der Waals surface area contributed by atoms with Crippen molar-refractivity contribution in [2.75, 3.05) is 0 Å². The molecule has 1 aliphatic rings. The fourth-order valence-electron chi connectivity index (χ4n) is 2.80. The zero-order valence-corrected chi connectivity index (χ0v) is 12.0. The Labute approximate surface area is 120 Å². The molecule has 0 bridgehead atoms. The molecule has 2 rings (SSSR count). The smallest absolute Gasteiger partial charge is 0.237 e. The van der Waals surface area contributed by atoms with Crippen LogP contribution in [0.2, 0.25) is 0 Å². The zero-order chi connectivity index (χ0) is 14.5. The molecule has 20 heavy (non-hydrogen) atoms. The van der Waals surface area contributed by atoms with Crippen molar-refractivity contribution in [2.24, 2.45) is 11.7 Å². The number of hydrogen-bond donors (Lipinski definition) is 3. The van der Waals surface area contributed by atoms with Crippen molar-refractivity contribution in [2.45, 2.75) is 51.1 Å². The van der Waals surface area contributed by atoms with Gasteiger partial charge in [0.1, 0.15) is 5.75 Å². The number of phenols is 1. The molecule has 1 aliphatic carbocycles. The average molecular weight is 276 g/mol. The first-order chi connectivity index (χ1) is 9.56. The number of aromatic hydroxyl groups is 1. The highest BCUT2D eigenvalue weighted by atomic mass is 16.3. The largest absolute Gasteiger partial charge is 0.508 e. The third kappa shape index (κ3) is 3.97. The fourth-order valence-corrected chi connectivity index (χ4v) is 2.80. The fraction of sp³-hybridized carbons (Fsp3) is 0.562. The minimum absolute atomic E-state index is 0.0724. The molecule has 0 aromatic heterocycles. The van der Waals surface area contributed by atoms with Crippen molar-refractivity contribution in [3.63, 3.8) is 0 Å². The summed E-state index contributed by atoms with van der Waals surface area (Å²) in [6.07, 6.45) is 5.17. The number of nitrogens with two attached hydrogens (primary N) is 1. The molecule has 1 amide bonds. The summed E-state index contributed by atoms with van der Waals surface area (Å²) in [7, 11) is 0. The third-order valence-corrected chi connectivity index (χ3v) is 4.17. The van der Waals surface area contributed by atoms with Gasteiger partial charge in [-0.15, -0.1) is 0 Å². The van der Waals surface area contributed by atoms with E-state index in [-0.39, 0.29) is 17.7 Å². The van der Waals surface area contributed by atoms with Gasteiger partial charge in [0, 0.05) is 6.04 Å². The molecule has 0 heterocycles. The average Bonchev–Trinajstić information content (AvgIpc) is 2.44. The maximum atomic E-state index is 12.1. The highest BCUT2D eigenvalue weighted by molar-refractivity contribution is 5.82. The number of carbonyl (C=O) groups excluding carboxylic acids is 1. The highest BCUT2D eigenvalue weighted by Gasteiger charge is 2.24. The summed E-state index contributed by atoms with van der Waals surface area (Å²) in [6, 6.07) is 6.56. The van der Waals surface area contributed by atoms with Gasteiger partial charge in [-0.25, -0.2) is 0 Å². The lowest BCUT2D eigenvalue weighted by molar-refractivity contribution is -0.123. The molecule has 0 saturated heterocycles. The van der Waals surface area contributed by atoms with Crippen LogP contribution in [-0.2, 0) is 11.2 Å². The Morgan fingerprint density at radius 1 is 1.35 bits per heavy atom. The molecule has 1 saturated carbocycles. The number of nitrogens with one attached hydrogen (secondary N) is 1. The molecular weight excluding hydrogens is 252 g/mol. The maximum absolute atomic E-state index is 12.1. The van der Waals surface area contributed by atoms with Crippen molar-refractivity contribution < 1.29 is 9.90 Å². The zero-order valence-electron chi connectivity index (χ0n) is 12.0. The monoisotopic (exact) mass is 276 g/mol. The van der Waals surface area contributed by atoms with E-state index in [2.05, 4.69) is 12.2 Å². The molecule has 4 N–H and O–H groups in total. The second-order valence-corrected chi connectivity index (χ2v) is 5.85. The van der Waals surface area contributed by atoms with E-state index in [9.17, 15) is 9.90 Å². The highest BCUT2D eigenvalue weighted by Crippen LogP contribution is 2.23. The third-order valence-electron chi connectivity index (χ3n) is 4.17. The van der Waals surface area contributed by atoms with Crippen LogP contribution < -0.4 is 11.1 Å². The Morgan fingerprint density at radius 2 is 2.00 bits per heavy atom. The van der Waals surface area contributed by atoms with Crippen molar-refractivity contribution in [3.8, 4) is 5.75 Å². The van der Waals surface area contributed by atoms with E-state index in [1.807, 2.05) is 0 Å². The first kappa shape index (κ1) is 14.9. The maximum Gasteiger partial charge on any atom is 0.237 e. The molecule has 2 unspecified atom stereocenters. The van der Waals surface area contributed by atoms with Gasteiger partial charge in [0.05, 0.1) is 6.04 Å². The quantitative estimate of drug-likeness (QED) is 0.787. The number of phenolic OH excluding ortho intramolecular Hbond substituents is 1. The van der Waals surface area contributed by atoms with Crippen LogP contribution in [0.25, 0.3) is 0 Å². The normalized spacial score (nSPS) is 24.1. The molecule has 1 fully saturated rings. The summed E-state index contributed by atoms with van der Waals surface area (Å²) >= 11 is 0. The standard InChI is InChI=1S/C16H24N2O2/c1-11-4-2-3-5-15(11)18-16(20)14(17)10-12-6-8-13(19)9-7-12/h6-9,11,14-15,19H,2-5,10,17H2,1H3,(H,18,20)/t11?,14-,15?/m1/s1. The van der Waals surface area contributed by atoms with E-state index in [0.29, 0.717) is 12.3 Å². The van der Waals surface area contributed by atoms with Crippen LogP contribution in [0, 0.1) is 5.92 Å². The molecule has 1 aromatic rings. The lowest BCUT2D eigenvalue weighted by atomic mass is 9.86. The van der Waals surface area contributed by atoms with E-state index in [4.69, 9.17) is 5.73 Å². The van der Waals surface area contributed by atoms with Gasteiger partial charge in [-0.2, -0.15) is 0 Å². The van der Waals surface area contributed by atoms with Crippen LogP contribution in [0.3, 0.4) is 0 Å². The van der Waals surface area contributed by atoms with Crippen molar-refractivity contribution in [1.29, 1.82) is 0 Å². The van der Waals surface area contributed by atoms with E-state index >= 15 is 0 Å².